The second-order valence-electron chi connectivity index (χ2n) is 19.3. The summed E-state index contributed by atoms with van der Waals surface area (Å²) >= 11 is 0. The van der Waals surface area contributed by atoms with Gasteiger partial charge in [0.1, 0.15) is 30.5 Å². The average Bonchev–Trinajstić information content (AvgIpc) is 3.31. The molecule has 1 aliphatic heterocycles. The molecule has 13 nitrogen and oxygen atoms in total. The van der Waals surface area contributed by atoms with Gasteiger partial charge in [-0.2, -0.15) is 8.42 Å². The zero-order valence-electron chi connectivity index (χ0n) is 42.8. The van der Waals surface area contributed by atoms with Crippen LogP contribution in [0, 0.1) is 0 Å². The van der Waals surface area contributed by atoms with Gasteiger partial charge in [0.15, 0.2) is 6.29 Å². The molecule has 68 heavy (non-hydrogen) atoms. The molecule has 0 spiro atoms. The number of rotatable bonds is 47. The Bertz CT molecular complexity index is 1360. The molecule has 0 bridgehead atoms. The predicted octanol–water partition coefficient (Wildman–Crippen LogP) is 11.2. The van der Waals surface area contributed by atoms with Crippen molar-refractivity contribution < 1.29 is 57.0 Å². The number of hydrogen-bond donors (Lipinski definition) is 7. The fourth-order valence-corrected chi connectivity index (χ4v) is 9.18. The lowest BCUT2D eigenvalue weighted by atomic mass is 9.99. The van der Waals surface area contributed by atoms with Gasteiger partial charge in [-0.15, -0.1) is 0 Å². The number of ether oxygens (including phenoxy) is 2. The van der Waals surface area contributed by atoms with Crippen molar-refractivity contribution in [3.63, 3.8) is 0 Å². The molecule has 0 saturated carbocycles. The van der Waals surface area contributed by atoms with Crippen LogP contribution in [-0.4, -0.2) is 107 Å². The van der Waals surface area contributed by atoms with Crippen LogP contribution in [0.15, 0.2) is 36.5 Å². The fraction of sp³-hybridized carbons (Fsp3) is 0.870. The van der Waals surface area contributed by atoms with Crippen molar-refractivity contribution >= 4 is 16.3 Å². The summed E-state index contributed by atoms with van der Waals surface area (Å²) in [7, 11) is -5.13. The van der Waals surface area contributed by atoms with Gasteiger partial charge in [0.05, 0.1) is 25.4 Å². The van der Waals surface area contributed by atoms with E-state index in [0.29, 0.717) is 12.8 Å². The minimum Gasteiger partial charge on any atom is -0.394 e. The number of carbonyl (C=O) groups excluding carboxylic acids is 1. The SMILES string of the molecule is CCCCCCCCCCC/C=C/CC/C=C/CC/C=C/C(O)C(COC1OC(CO)C(O)C(OS(=O)(=O)O)C1O)NC(=O)C(O)CCCCCCCCCCCCCCCCCCCCCC. The molecule has 14 heteroatoms. The van der Waals surface area contributed by atoms with Gasteiger partial charge in [0, 0.05) is 0 Å². The van der Waals surface area contributed by atoms with Crippen molar-refractivity contribution in [1.29, 1.82) is 0 Å². The van der Waals surface area contributed by atoms with E-state index in [1.807, 2.05) is 0 Å². The number of unbranched alkanes of at least 4 members (excludes halogenated alkanes) is 30. The number of allylic oxidation sites excluding steroid dienone is 5. The van der Waals surface area contributed by atoms with Crippen LogP contribution in [0.2, 0.25) is 0 Å². The highest BCUT2D eigenvalue weighted by Gasteiger charge is 2.48. The summed E-state index contributed by atoms with van der Waals surface area (Å²) in [5.74, 6) is -0.713. The van der Waals surface area contributed by atoms with Gasteiger partial charge in [0.2, 0.25) is 5.91 Å². The number of amides is 1. The summed E-state index contributed by atoms with van der Waals surface area (Å²) < 4.78 is 47.7. The Hall–Kier alpha value is -1.72. The number of carbonyl (C=O) groups is 1. The quantitative estimate of drug-likeness (QED) is 0.0172. The Balaban J connectivity index is 2.50. The Morgan fingerprint density at radius 2 is 0.985 bits per heavy atom. The van der Waals surface area contributed by atoms with Crippen molar-refractivity contribution in [1.82, 2.24) is 5.32 Å². The lowest BCUT2D eigenvalue weighted by molar-refractivity contribution is -0.298. The van der Waals surface area contributed by atoms with Gasteiger partial charge in [-0.1, -0.05) is 230 Å². The molecular formula is C54H101NO12S. The summed E-state index contributed by atoms with van der Waals surface area (Å²) in [6.45, 7) is 3.23. The molecule has 0 aromatic carbocycles. The third kappa shape index (κ3) is 35.4. The van der Waals surface area contributed by atoms with Gasteiger partial charge in [-0.3, -0.25) is 9.35 Å². The van der Waals surface area contributed by atoms with E-state index >= 15 is 0 Å². The zero-order valence-corrected chi connectivity index (χ0v) is 43.6. The lowest BCUT2D eigenvalue weighted by Gasteiger charge is -2.41. The zero-order chi connectivity index (χ0) is 49.9. The summed E-state index contributed by atoms with van der Waals surface area (Å²) in [5, 5.41) is 55.4. The smallest absolute Gasteiger partial charge is 0.394 e. The topological polar surface area (TPSA) is 212 Å². The molecule has 1 saturated heterocycles. The molecule has 7 N–H and O–H groups in total. The van der Waals surface area contributed by atoms with E-state index in [2.05, 4.69) is 47.7 Å². The highest BCUT2D eigenvalue weighted by molar-refractivity contribution is 7.80. The summed E-state index contributed by atoms with van der Waals surface area (Å²) in [4.78, 5) is 13.2. The monoisotopic (exact) mass is 988 g/mol. The molecule has 0 aliphatic carbocycles. The van der Waals surface area contributed by atoms with Gasteiger partial charge in [-0.05, 0) is 44.9 Å². The maximum absolute atomic E-state index is 13.2. The van der Waals surface area contributed by atoms with Gasteiger partial charge >= 0.3 is 10.4 Å². The first kappa shape index (κ1) is 64.3. The highest BCUT2D eigenvalue weighted by atomic mass is 32.3. The Labute approximate surface area is 414 Å². The van der Waals surface area contributed by atoms with Crippen LogP contribution in [-0.2, 0) is 28.9 Å². The molecule has 0 aromatic rings. The van der Waals surface area contributed by atoms with Crippen molar-refractivity contribution in [2.45, 2.75) is 288 Å². The lowest BCUT2D eigenvalue weighted by Crippen LogP contribution is -2.61. The Morgan fingerprint density at radius 1 is 0.588 bits per heavy atom. The first-order valence-electron chi connectivity index (χ1n) is 27.5. The number of nitrogens with one attached hydrogen (secondary N) is 1. The Kier molecular flexibility index (Phi) is 41.6. The van der Waals surface area contributed by atoms with Gasteiger partial charge < -0.3 is 40.3 Å². The number of aliphatic hydroxyl groups is 5. The van der Waals surface area contributed by atoms with Crippen LogP contribution < -0.4 is 5.32 Å². The molecule has 8 unspecified atom stereocenters. The van der Waals surface area contributed by atoms with Crippen molar-refractivity contribution in [2.24, 2.45) is 0 Å². The third-order valence-corrected chi connectivity index (χ3v) is 13.5. The van der Waals surface area contributed by atoms with Crippen LogP contribution >= 0.6 is 0 Å². The maximum Gasteiger partial charge on any atom is 0.397 e. The third-order valence-electron chi connectivity index (χ3n) is 13.0. The largest absolute Gasteiger partial charge is 0.397 e. The first-order chi connectivity index (χ1) is 32.9. The molecule has 1 amide bonds. The van der Waals surface area contributed by atoms with Crippen LogP contribution in [0.3, 0.4) is 0 Å². The van der Waals surface area contributed by atoms with Crippen LogP contribution in [0.1, 0.15) is 239 Å². The molecule has 1 rings (SSSR count). The normalized spacial score (nSPS) is 20.5. The number of aliphatic hydroxyl groups excluding tert-OH is 5. The van der Waals surface area contributed by atoms with E-state index in [1.54, 1.807) is 6.08 Å². The van der Waals surface area contributed by atoms with Crippen LogP contribution in [0.4, 0.5) is 0 Å². The van der Waals surface area contributed by atoms with E-state index in [9.17, 15) is 43.3 Å². The Morgan fingerprint density at radius 3 is 1.41 bits per heavy atom. The second kappa shape index (κ2) is 44.0. The molecule has 1 aliphatic rings. The summed E-state index contributed by atoms with van der Waals surface area (Å²) in [6.07, 6.45) is 42.2. The van der Waals surface area contributed by atoms with E-state index in [-0.39, 0.29) is 6.42 Å². The number of hydrogen-bond acceptors (Lipinski definition) is 11. The average molecular weight is 988 g/mol. The van der Waals surface area contributed by atoms with Gasteiger partial charge in [-0.25, -0.2) is 4.18 Å². The standard InChI is InChI=1S/C54H101NO12S/c1-3-5-7-9-11-13-15-17-19-21-23-25-27-29-31-33-35-37-39-41-43-48(58)53(61)55-46(45-65-54-51(60)52(67-68(62,63)64)50(59)49(44-56)66-54)47(57)42-40-38-36-34-32-30-28-26-24-22-20-18-16-14-12-10-8-6-4-2/h24,26,32,34,40,42,46-52,54,56-60H,3-23,25,27-31,33,35-39,41,43-45H2,1-2H3,(H,55,61)(H,62,63,64)/b26-24+,34-32+,42-40+. The van der Waals surface area contributed by atoms with E-state index in [1.165, 1.54) is 167 Å². The minimum atomic E-state index is -5.13. The van der Waals surface area contributed by atoms with Crippen molar-refractivity contribution in [3.8, 4) is 0 Å². The highest BCUT2D eigenvalue weighted by Crippen LogP contribution is 2.26. The van der Waals surface area contributed by atoms with E-state index in [0.717, 1.165) is 44.9 Å². The van der Waals surface area contributed by atoms with Crippen LogP contribution in [0.25, 0.3) is 0 Å². The van der Waals surface area contributed by atoms with E-state index < -0.39 is 78.5 Å². The van der Waals surface area contributed by atoms with E-state index in [4.69, 9.17) is 9.47 Å². The molecule has 0 aromatic heterocycles. The molecular weight excluding hydrogens is 887 g/mol. The van der Waals surface area contributed by atoms with Crippen molar-refractivity contribution in [3.05, 3.63) is 36.5 Å². The summed E-state index contributed by atoms with van der Waals surface area (Å²) in [5.41, 5.74) is 0. The predicted molar refractivity (Wildman–Crippen MR) is 274 cm³/mol. The molecule has 400 valence electrons. The minimum absolute atomic E-state index is 0.237. The maximum atomic E-state index is 13.2. The molecule has 1 heterocycles. The van der Waals surface area contributed by atoms with Crippen LogP contribution in [0.5, 0.6) is 0 Å². The van der Waals surface area contributed by atoms with Crippen molar-refractivity contribution in [2.75, 3.05) is 13.2 Å². The summed E-state index contributed by atoms with van der Waals surface area (Å²) in [6, 6.07) is -1.14. The van der Waals surface area contributed by atoms with Gasteiger partial charge in [0.25, 0.3) is 0 Å². The fourth-order valence-electron chi connectivity index (χ4n) is 8.67. The second-order valence-corrected chi connectivity index (χ2v) is 20.3. The first-order valence-corrected chi connectivity index (χ1v) is 28.8. The molecule has 8 atom stereocenters. The molecule has 0 radical (unpaired) electrons. The molecule has 1 fully saturated rings.